The Balaban J connectivity index is 2.05. The number of aromatic amines is 1. The Bertz CT molecular complexity index is 1030. The summed E-state index contributed by atoms with van der Waals surface area (Å²) in [5.41, 5.74) is 3.18. The van der Waals surface area contributed by atoms with Crippen LogP contribution in [0.5, 0.6) is 5.75 Å². The molecule has 0 radical (unpaired) electrons. The summed E-state index contributed by atoms with van der Waals surface area (Å²) in [5, 5.41) is 27.3. The number of rotatable bonds is 3. The summed E-state index contributed by atoms with van der Waals surface area (Å²) in [6.07, 6.45) is 2.06. The van der Waals surface area contributed by atoms with Gasteiger partial charge in [0, 0.05) is 22.7 Å². The lowest BCUT2D eigenvalue weighted by molar-refractivity contribution is 0.469. The molecule has 0 saturated heterocycles. The minimum atomic E-state index is -0.607. The van der Waals surface area contributed by atoms with Gasteiger partial charge in [0.2, 0.25) is 0 Å². The van der Waals surface area contributed by atoms with Crippen LogP contribution in [0.3, 0.4) is 0 Å². The lowest BCUT2D eigenvalue weighted by Gasteiger charge is -2.12. The highest BCUT2D eigenvalue weighted by molar-refractivity contribution is 5.89. The van der Waals surface area contributed by atoms with Gasteiger partial charge in [-0.25, -0.2) is 9.37 Å². The molecule has 6 heteroatoms. The number of nitriles is 1. The average Bonchev–Trinajstić information content (AvgIpc) is 3.29. The highest BCUT2D eigenvalue weighted by Gasteiger charge is 2.41. The molecule has 1 fully saturated rings. The molecule has 0 unspecified atom stereocenters. The number of phenols is 1. The predicted octanol–water partition coefficient (Wildman–Crippen LogP) is 4.16. The van der Waals surface area contributed by atoms with E-state index in [0.717, 1.165) is 35.6 Å². The zero-order valence-electron chi connectivity index (χ0n) is 14.0. The number of aryl methyl sites for hydroxylation is 1. The summed E-state index contributed by atoms with van der Waals surface area (Å²) in [6.45, 7) is 4.05. The maximum atomic E-state index is 14.4. The fourth-order valence-electron chi connectivity index (χ4n) is 3.66. The molecule has 1 aliphatic carbocycles. The second kappa shape index (κ2) is 5.55. The molecule has 0 bridgehead atoms. The molecule has 25 heavy (non-hydrogen) atoms. The first-order valence-electron chi connectivity index (χ1n) is 8.32. The summed E-state index contributed by atoms with van der Waals surface area (Å²) in [5.74, 6) is 0.0409. The van der Waals surface area contributed by atoms with E-state index in [9.17, 15) is 14.8 Å². The van der Waals surface area contributed by atoms with Gasteiger partial charge in [-0.1, -0.05) is 13.3 Å². The summed E-state index contributed by atoms with van der Waals surface area (Å²) >= 11 is 0. The van der Waals surface area contributed by atoms with E-state index in [-0.39, 0.29) is 22.9 Å². The number of nitrogens with zero attached hydrogens (tertiary/aromatic N) is 3. The Morgan fingerprint density at radius 1 is 1.44 bits per heavy atom. The summed E-state index contributed by atoms with van der Waals surface area (Å²) < 4.78 is 14.4. The monoisotopic (exact) mass is 336 g/mol. The molecule has 1 aliphatic rings. The third kappa shape index (κ3) is 2.35. The highest BCUT2D eigenvalue weighted by Crippen LogP contribution is 2.53. The van der Waals surface area contributed by atoms with E-state index in [0.29, 0.717) is 17.1 Å². The van der Waals surface area contributed by atoms with Crippen LogP contribution in [-0.2, 0) is 0 Å². The largest absolute Gasteiger partial charge is 0.508 e. The van der Waals surface area contributed by atoms with Crippen molar-refractivity contribution in [2.75, 3.05) is 0 Å². The van der Waals surface area contributed by atoms with Gasteiger partial charge in [-0.2, -0.15) is 10.4 Å². The van der Waals surface area contributed by atoms with Crippen LogP contribution in [0.2, 0.25) is 0 Å². The fourth-order valence-corrected chi connectivity index (χ4v) is 3.66. The molecule has 5 nitrogen and oxygen atoms in total. The lowest BCUT2D eigenvalue weighted by Crippen LogP contribution is -2.00. The zero-order chi connectivity index (χ0) is 17.7. The Labute approximate surface area is 144 Å². The summed E-state index contributed by atoms with van der Waals surface area (Å²) in [4.78, 5) is 4.46. The molecule has 1 saturated carbocycles. The van der Waals surface area contributed by atoms with E-state index in [1.165, 1.54) is 12.1 Å². The Hall–Kier alpha value is -2.94. The maximum absolute atomic E-state index is 14.4. The van der Waals surface area contributed by atoms with Crippen molar-refractivity contribution < 1.29 is 9.50 Å². The molecule has 2 aromatic heterocycles. The van der Waals surface area contributed by atoms with Gasteiger partial charge in [0.15, 0.2) is 5.65 Å². The summed E-state index contributed by atoms with van der Waals surface area (Å²) in [7, 11) is 0. The van der Waals surface area contributed by atoms with Gasteiger partial charge in [-0.05, 0) is 42.9 Å². The van der Waals surface area contributed by atoms with Crippen molar-refractivity contribution in [2.24, 2.45) is 5.92 Å². The number of phenolic OH excluding ortho intramolecular Hbond substituents is 1. The molecule has 4 rings (SSSR count). The van der Waals surface area contributed by atoms with Crippen molar-refractivity contribution in [3.63, 3.8) is 0 Å². The normalized spacial score (nSPS) is 19.1. The van der Waals surface area contributed by atoms with Gasteiger partial charge in [0.25, 0.3) is 0 Å². The number of hydrogen-bond donors (Lipinski definition) is 2. The third-order valence-corrected chi connectivity index (χ3v) is 5.06. The van der Waals surface area contributed by atoms with E-state index < -0.39 is 5.82 Å². The minimum Gasteiger partial charge on any atom is -0.508 e. The molecule has 0 aliphatic heterocycles. The van der Waals surface area contributed by atoms with Gasteiger partial charge in [-0.3, -0.25) is 5.10 Å². The summed E-state index contributed by atoms with van der Waals surface area (Å²) in [6, 6.07) is 6.13. The minimum absolute atomic E-state index is 0.162. The number of H-pyrrole nitrogens is 1. The SMILES string of the molecule is CC[C@@H]1C[C@H]1c1c(C#N)c(-c2ccc(O)cc2F)nc2n[nH]c(C)c12. The van der Waals surface area contributed by atoms with Gasteiger partial charge in [0.05, 0.1) is 11.3 Å². The van der Waals surface area contributed by atoms with Crippen molar-refractivity contribution in [3.8, 4) is 23.1 Å². The molecular formula is C19H17FN4O. The van der Waals surface area contributed by atoms with Crippen LogP contribution < -0.4 is 0 Å². The molecule has 0 spiro atoms. The maximum Gasteiger partial charge on any atom is 0.182 e. The van der Waals surface area contributed by atoms with E-state index in [2.05, 4.69) is 28.2 Å². The first-order valence-corrected chi connectivity index (χ1v) is 8.32. The van der Waals surface area contributed by atoms with Crippen molar-refractivity contribution in [3.05, 3.63) is 40.8 Å². The number of fused-ring (bicyclic) bond motifs is 1. The lowest BCUT2D eigenvalue weighted by atomic mass is 9.94. The molecule has 1 aromatic carbocycles. The molecule has 126 valence electrons. The van der Waals surface area contributed by atoms with Crippen LogP contribution in [0.4, 0.5) is 4.39 Å². The van der Waals surface area contributed by atoms with E-state index in [4.69, 9.17) is 0 Å². The second-order valence-corrected chi connectivity index (χ2v) is 6.58. The van der Waals surface area contributed by atoms with E-state index in [1.807, 2.05) is 6.92 Å². The van der Waals surface area contributed by atoms with Gasteiger partial charge in [0.1, 0.15) is 17.6 Å². The smallest absolute Gasteiger partial charge is 0.182 e. The van der Waals surface area contributed by atoms with Gasteiger partial charge in [-0.15, -0.1) is 0 Å². The van der Waals surface area contributed by atoms with Crippen LogP contribution in [0.1, 0.15) is 42.5 Å². The number of pyridine rings is 1. The number of aromatic hydroxyl groups is 1. The first kappa shape index (κ1) is 15.6. The van der Waals surface area contributed by atoms with Crippen LogP contribution in [-0.4, -0.2) is 20.3 Å². The van der Waals surface area contributed by atoms with Crippen LogP contribution in [0.25, 0.3) is 22.3 Å². The van der Waals surface area contributed by atoms with Gasteiger partial charge < -0.3 is 5.11 Å². The Morgan fingerprint density at radius 3 is 2.88 bits per heavy atom. The topological polar surface area (TPSA) is 85.6 Å². The third-order valence-electron chi connectivity index (χ3n) is 5.06. The first-order chi connectivity index (χ1) is 12.0. The van der Waals surface area contributed by atoms with Gasteiger partial charge >= 0.3 is 0 Å². The molecule has 2 N–H and O–H groups in total. The van der Waals surface area contributed by atoms with E-state index in [1.54, 1.807) is 0 Å². The Kier molecular flexibility index (Phi) is 3.46. The number of aromatic nitrogens is 3. The molecular weight excluding hydrogens is 319 g/mol. The number of benzene rings is 1. The van der Waals surface area contributed by atoms with Crippen molar-refractivity contribution >= 4 is 11.0 Å². The quantitative estimate of drug-likeness (QED) is 0.752. The van der Waals surface area contributed by atoms with E-state index >= 15 is 0 Å². The van der Waals surface area contributed by atoms with Crippen LogP contribution in [0, 0.1) is 30.0 Å². The fraction of sp³-hybridized carbons (Fsp3) is 0.316. The number of hydrogen-bond acceptors (Lipinski definition) is 4. The highest BCUT2D eigenvalue weighted by atomic mass is 19.1. The predicted molar refractivity (Wildman–Crippen MR) is 91.5 cm³/mol. The number of halogens is 1. The Morgan fingerprint density at radius 2 is 2.24 bits per heavy atom. The van der Waals surface area contributed by atoms with Crippen LogP contribution >= 0.6 is 0 Å². The van der Waals surface area contributed by atoms with Crippen molar-refractivity contribution in [2.45, 2.75) is 32.6 Å². The van der Waals surface area contributed by atoms with Crippen molar-refractivity contribution in [1.29, 1.82) is 5.26 Å². The molecule has 3 aromatic rings. The second-order valence-electron chi connectivity index (χ2n) is 6.58. The number of nitrogens with one attached hydrogen (secondary N) is 1. The molecule has 0 amide bonds. The van der Waals surface area contributed by atoms with Crippen molar-refractivity contribution in [1.82, 2.24) is 15.2 Å². The zero-order valence-corrected chi connectivity index (χ0v) is 14.0. The van der Waals surface area contributed by atoms with Crippen LogP contribution in [0.15, 0.2) is 18.2 Å². The molecule has 2 atom stereocenters. The standard InChI is InChI=1S/C19H17FN4O/c1-3-10-6-13(10)17-14(8-21)18(12-5-4-11(25)7-15(12)20)22-19-16(17)9(2)23-24-19/h4-5,7,10,13,25H,3,6H2,1-2H3,(H,22,23,24)/t10-,13-/m1/s1. The molecule has 2 heterocycles. The average molecular weight is 336 g/mol.